The number of rotatable bonds is 5. The Labute approximate surface area is 189 Å². The average Bonchev–Trinajstić information content (AvgIpc) is 3.19. The maximum atomic E-state index is 5.60. The van der Waals surface area contributed by atoms with Crippen molar-refractivity contribution in [2.45, 2.75) is 37.1 Å². The molecule has 1 aromatic heterocycles. The third-order valence-electron chi connectivity index (χ3n) is 7.25. The number of nitrogens with zero attached hydrogens (tertiary/aromatic N) is 3. The van der Waals surface area contributed by atoms with Gasteiger partial charge >= 0.3 is 0 Å². The lowest BCUT2D eigenvalue weighted by molar-refractivity contribution is 0.226. The number of fused-ring (bicyclic) bond motifs is 2. The van der Waals surface area contributed by atoms with Crippen molar-refractivity contribution >= 4 is 22.4 Å². The number of hydrazone groups is 1. The van der Waals surface area contributed by atoms with Crippen molar-refractivity contribution < 1.29 is 9.47 Å². The van der Waals surface area contributed by atoms with Crippen LogP contribution in [0.4, 0.5) is 5.82 Å². The summed E-state index contributed by atoms with van der Waals surface area (Å²) in [5.41, 5.74) is 6.85. The lowest BCUT2D eigenvalue weighted by atomic mass is 9.65. The fraction of sp³-hybridized carbons (Fsp3) is 0.385. The van der Waals surface area contributed by atoms with E-state index in [-0.39, 0.29) is 5.41 Å². The van der Waals surface area contributed by atoms with Crippen molar-refractivity contribution in [1.29, 1.82) is 0 Å². The smallest absolute Gasteiger partial charge is 0.161 e. The van der Waals surface area contributed by atoms with E-state index in [1.165, 1.54) is 11.3 Å². The summed E-state index contributed by atoms with van der Waals surface area (Å²) in [6.45, 7) is 1.09. The summed E-state index contributed by atoms with van der Waals surface area (Å²) in [6.07, 6.45) is 4.14. The van der Waals surface area contributed by atoms with Crippen LogP contribution < -0.4 is 14.9 Å². The third kappa shape index (κ3) is 3.58. The van der Waals surface area contributed by atoms with Gasteiger partial charge in [0.25, 0.3) is 0 Å². The molecule has 0 radical (unpaired) electrons. The number of benzene rings is 2. The van der Waals surface area contributed by atoms with E-state index in [2.05, 4.69) is 46.6 Å². The van der Waals surface area contributed by atoms with Gasteiger partial charge in [-0.3, -0.25) is 5.43 Å². The van der Waals surface area contributed by atoms with Crippen LogP contribution in [0, 0.1) is 0 Å². The van der Waals surface area contributed by atoms with E-state index in [1.54, 1.807) is 14.2 Å². The molecule has 5 rings (SSSR count). The van der Waals surface area contributed by atoms with Gasteiger partial charge in [0, 0.05) is 29.0 Å². The summed E-state index contributed by atoms with van der Waals surface area (Å²) < 4.78 is 11.1. The summed E-state index contributed by atoms with van der Waals surface area (Å²) in [6, 6.07) is 19.1. The molecule has 166 valence electrons. The second-order valence-corrected chi connectivity index (χ2v) is 8.86. The second kappa shape index (κ2) is 8.43. The number of aromatic nitrogens is 1. The molecule has 32 heavy (non-hydrogen) atoms. The lowest BCUT2D eigenvalue weighted by Gasteiger charge is -2.42. The predicted octanol–water partition coefficient (Wildman–Crippen LogP) is 4.85. The highest BCUT2D eigenvalue weighted by Crippen LogP contribution is 2.49. The SMILES string of the molecule is COc1ccc(C23CC/C(=N\Nc4ccc5ccccc5n4)CC2N(C)CC3)cc1OC. The Kier molecular flexibility index (Phi) is 5.47. The van der Waals surface area contributed by atoms with Gasteiger partial charge in [-0.1, -0.05) is 24.3 Å². The summed E-state index contributed by atoms with van der Waals surface area (Å²) in [7, 11) is 5.62. The minimum atomic E-state index is 0.120. The minimum absolute atomic E-state index is 0.120. The Bertz CT molecular complexity index is 1160. The largest absolute Gasteiger partial charge is 0.493 e. The third-order valence-corrected chi connectivity index (χ3v) is 7.25. The van der Waals surface area contributed by atoms with E-state index in [4.69, 9.17) is 14.6 Å². The molecule has 2 atom stereocenters. The van der Waals surface area contributed by atoms with Crippen LogP contribution in [-0.2, 0) is 5.41 Å². The molecule has 1 saturated heterocycles. The Hall–Kier alpha value is -3.12. The first-order chi connectivity index (χ1) is 15.6. The molecule has 3 aromatic rings. The van der Waals surface area contributed by atoms with Crippen molar-refractivity contribution in [3.05, 3.63) is 60.2 Å². The van der Waals surface area contributed by atoms with Crippen LogP contribution >= 0.6 is 0 Å². The Morgan fingerprint density at radius 3 is 2.72 bits per heavy atom. The lowest BCUT2D eigenvalue weighted by Crippen LogP contribution is -2.46. The molecule has 6 nitrogen and oxygen atoms in total. The number of likely N-dealkylation sites (N-methyl/N-ethyl adjacent to an activating group) is 1. The summed E-state index contributed by atoms with van der Waals surface area (Å²) >= 11 is 0. The molecule has 2 unspecified atom stereocenters. The van der Waals surface area contributed by atoms with Crippen LogP contribution in [-0.4, -0.2) is 49.4 Å². The van der Waals surface area contributed by atoms with E-state index in [1.807, 2.05) is 30.3 Å². The maximum absolute atomic E-state index is 5.60. The fourth-order valence-electron chi connectivity index (χ4n) is 5.45. The Morgan fingerprint density at radius 1 is 1.03 bits per heavy atom. The van der Waals surface area contributed by atoms with Gasteiger partial charge in [-0.15, -0.1) is 0 Å². The zero-order valence-electron chi connectivity index (χ0n) is 19.0. The average molecular weight is 431 g/mol. The van der Waals surface area contributed by atoms with Crippen LogP contribution in [0.5, 0.6) is 11.5 Å². The summed E-state index contributed by atoms with van der Waals surface area (Å²) in [5, 5.41) is 5.91. The first-order valence-electron chi connectivity index (χ1n) is 11.2. The van der Waals surface area contributed by atoms with Crippen LogP contribution in [0.2, 0.25) is 0 Å². The first-order valence-corrected chi connectivity index (χ1v) is 11.2. The topological polar surface area (TPSA) is 59.0 Å². The summed E-state index contributed by atoms with van der Waals surface area (Å²) in [5.74, 6) is 2.37. The number of hydrogen-bond donors (Lipinski definition) is 1. The normalized spacial score (nSPS) is 24.5. The first kappa shape index (κ1) is 20.8. The van der Waals surface area contributed by atoms with Crippen LogP contribution in [0.15, 0.2) is 59.7 Å². The number of likely N-dealkylation sites (tertiary alicyclic amines) is 1. The molecular weight excluding hydrogens is 400 g/mol. The van der Waals surface area contributed by atoms with E-state index in [0.29, 0.717) is 6.04 Å². The van der Waals surface area contributed by atoms with Crippen molar-refractivity contribution in [2.24, 2.45) is 5.10 Å². The van der Waals surface area contributed by atoms with Gasteiger partial charge in [-0.25, -0.2) is 4.98 Å². The quantitative estimate of drug-likeness (QED) is 0.587. The van der Waals surface area contributed by atoms with Crippen molar-refractivity contribution in [2.75, 3.05) is 33.2 Å². The van der Waals surface area contributed by atoms with Gasteiger partial charge in [0.15, 0.2) is 11.5 Å². The highest BCUT2D eigenvalue weighted by molar-refractivity contribution is 5.87. The van der Waals surface area contributed by atoms with Gasteiger partial charge in [0.2, 0.25) is 0 Å². The number of pyridine rings is 1. The number of anilines is 1. The van der Waals surface area contributed by atoms with Crippen LogP contribution in [0.1, 0.15) is 31.2 Å². The molecule has 0 bridgehead atoms. The van der Waals surface area contributed by atoms with Gasteiger partial charge in [-0.05, 0) is 68.8 Å². The number of hydrogen-bond acceptors (Lipinski definition) is 6. The second-order valence-electron chi connectivity index (χ2n) is 8.86. The molecule has 0 amide bonds. The number of ether oxygens (including phenoxy) is 2. The van der Waals surface area contributed by atoms with E-state index < -0.39 is 0 Å². The zero-order valence-corrected chi connectivity index (χ0v) is 19.0. The maximum Gasteiger partial charge on any atom is 0.161 e. The van der Waals surface area contributed by atoms with Crippen molar-refractivity contribution in [3.63, 3.8) is 0 Å². The standard InChI is InChI=1S/C26H30N4O2/c1-30-15-14-26(19-9-10-22(31-2)23(16-19)32-3)13-12-20(17-24(26)30)28-29-25-11-8-18-6-4-5-7-21(18)27-25/h4-11,16,24H,12-15,17H2,1-3H3,(H,27,29)/b28-20+. The molecular formula is C26H30N4O2. The molecule has 1 aliphatic carbocycles. The zero-order chi connectivity index (χ0) is 22.1. The van der Waals surface area contributed by atoms with Gasteiger partial charge in [0.1, 0.15) is 5.82 Å². The molecule has 2 aliphatic rings. The van der Waals surface area contributed by atoms with Crippen molar-refractivity contribution in [3.8, 4) is 11.5 Å². The summed E-state index contributed by atoms with van der Waals surface area (Å²) in [4.78, 5) is 7.17. The predicted molar refractivity (Wildman–Crippen MR) is 129 cm³/mol. The van der Waals surface area contributed by atoms with Crippen LogP contribution in [0.3, 0.4) is 0 Å². The van der Waals surface area contributed by atoms with E-state index in [9.17, 15) is 0 Å². The highest BCUT2D eigenvalue weighted by Gasteiger charge is 2.49. The molecule has 1 aliphatic heterocycles. The molecule has 0 spiro atoms. The van der Waals surface area contributed by atoms with Crippen molar-refractivity contribution in [1.82, 2.24) is 9.88 Å². The molecule has 1 saturated carbocycles. The van der Waals surface area contributed by atoms with E-state index >= 15 is 0 Å². The Balaban J connectivity index is 1.38. The van der Waals surface area contributed by atoms with Gasteiger partial charge < -0.3 is 14.4 Å². The van der Waals surface area contributed by atoms with Gasteiger partial charge in [0.05, 0.1) is 19.7 Å². The monoisotopic (exact) mass is 430 g/mol. The number of nitrogens with one attached hydrogen (secondary N) is 1. The Morgan fingerprint density at radius 2 is 1.88 bits per heavy atom. The molecule has 6 heteroatoms. The number of para-hydroxylation sites is 1. The highest BCUT2D eigenvalue weighted by atomic mass is 16.5. The minimum Gasteiger partial charge on any atom is -0.493 e. The van der Waals surface area contributed by atoms with Gasteiger partial charge in [-0.2, -0.15) is 5.10 Å². The molecule has 2 aromatic carbocycles. The number of methoxy groups -OCH3 is 2. The fourth-order valence-corrected chi connectivity index (χ4v) is 5.45. The molecule has 2 fully saturated rings. The van der Waals surface area contributed by atoms with Crippen LogP contribution in [0.25, 0.3) is 10.9 Å². The van der Waals surface area contributed by atoms with E-state index in [0.717, 1.165) is 60.4 Å². The molecule has 2 heterocycles. The molecule has 1 N–H and O–H groups in total.